The van der Waals surface area contributed by atoms with Crippen LogP contribution >= 0.6 is 0 Å². The van der Waals surface area contributed by atoms with Gasteiger partial charge in [-0.25, -0.2) is 0 Å². The van der Waals surface area contributed by atoms with Crippen LogP contribution in [0.15, 0.2) is 4.99 Å². The number of hydrogen-bond acceptors (Lipinski definition) is 2. The van der Waals surface area contributed by atoms with Gasteiger partial charge in [0.15, 0.2) is 0 Å². The Kier molecular flexibility index (Phi) is 36.6. The molecular weight excluding hydrogens is 368 g/mol. The van der Waals surface area contributed by atoms with Crippen molar-refractivity contribution in [2.75, 3.05) is 6.54 Å². The summed E-state index contributed by atoms with van der Waals surface area (Å²) in [5, 5.41) is 8.48. The molecule has 0 aliphatic rings. The summed E-state index contributed by atoms with van der Waals surface area (Å²) in [6.07, 6.45) is 26.5. The van der Waals surface area contributed by atoms with Gasteiger partial charge >= 0.3 is 65.1 Å². The van der Waals surface area contributed by atoms with E-state index in [2.05, 4.69) is 11.9 Å². The molecule has 0 amide bonds. The van der Waals surface area contributed by atoms with Crippen molar-refractivity contribution in [1.82, 2.24) is 0 Å². The number of carboxylic acid groups (broad SMARTS) is 1. The molecule has 0 bridgehead atoms. The van der Waals surface area contributed by atoms with Crippen LogP contribution in [0.25, 0.3) is 0 Å². The molecule has 0 spiro atoms. The van der Waals surface area contributed by atoms with Gasteiger partial charge in [0.2, 0.25) is 0 Å². The van der Waals surface area contributed by atoms with Gasteiger partial charge in [-0.1, -0.05) is 116 Å². The second kappa shape index (κ2) is 30.3. The van der Waals surface area contributed by atoms with Crippen molar-refractivity contribution in [3.63, 3.8) is 0 Å². The van der Waals surface area contributed by atoms with Crippen LogP contribution in [0.4, 0.5) is 0 Å². The van der Waals surface area contributed by atoms with Crippen molar-refractivity contribution in [1.29, 1.82) is 0 Å². The fourth-order valence-corrected chi connectivity index (χ4v) is 3.34. The van der Waals surface area contributed by atoms with E-state index in [9.17, 15) is 4.79 Å². The molecule has 28 heavy (non-hydrogen) atoms. The van der Waals surface area contributed by atoms with Gasteiger partial charge in [-0.3, -0.25) is 9.79 Å². The van der Waals surface area contributed by atoms with Gasteiger partial charge in [0.1, 0.15) is 0 Å². The zero-order valence-corrected chi connectivity index (χ0v) is 17.5. The van der Waals surface area contributed by atoms with Crippen LogP contribution in [-0.2, 0) is 4.79 Å². The first kappa shape index (κ1) is 33.8. The number of carbonyl (C=O) groups is 1. The van der Waals surface area contributed by atoms with E-state index in [1.54, 1.807) is 0 Å². The Morgan fingerprint density at radius 3 is 1.29 bits per heavy atom. The average molecular weight is 416 g/mol. The van der Waals surface area contributed by atoms with E-state index in [-0.39, 0.29) is 65.5 Å². The normalized spacial score (nSPS) is 10.6. The number of aliphatic carboxylic acids is 1. The van der Waals surface area contributed by atoms with Gasteiger partial charge in [0, 0.05) is 12.8 Å². The second-order valence-electron chi connectivity index (χ2n) is 7.70. The third-order valence-corrected chi connectivity index (χ3v) is 5.04. The third kappa shape index (κ3) is 31.8. The molecule has 5 heteroatoms. The molecule has 0 radical (unpaired) electrons. The molecule has 0 saturated heterocycles. The summed E-state index contributed by atoms with van der Waals surface area (Å²) in [6.45, 7) is 3.07. The molecule has 0 aliphatic heterocycles. The maximum atomic E-state index is 10.3. The van der Waals surface area contributed by atoms with Gasteiger partial charge in [-0.05, 0) is 6.42 Å². The first-order valence-electron chi connectivity index (χ1n) is 11.5. The zero-order chi connectivity index (χ0) is 19.1. The van der Waals surface area contributed by atoms with Gasteiger partial charge in [-0.15, -0.1) is 0 Å². The molecule has 0 unspecified atom stereocenters. The number of nitrogens with zero attached hydrogens (tertiary/aromatic N) is 1. The maximum absolute atomic E-state index is 10.3. The van der Waals surface area contributed by atoms with Gasteiger partial charge in [0.25, 0.3) is 0 Å². The number of aliphatic imine (C=N–C) groups is 1. The Bertz CT molecular complexity index is 326. The Morgan fingerprint density at radius 2 is 0.964 bits per heavy atom. The van der Waals surface area contributed by atoms with Crippen molar-refractivity contribution < 1.29 is 9.90 Å². The monoisotopic (exact) mass is 415 g/mol. The van der Waals surface area contributed by atoms with Crippen LogP contribution in [0.5, 0.6) is 0 Å². The standard InChI is InChI=1S/C23H45NO2.2Na.2H/c1-2-3-4-5-6-7-8-9-10-11-12-13-14-15-16-17-18-19-21-24-22-20-23(25)26;;;;/h22H,2-21H2,1H3,(H,25,26);;;;. The molecule has 0 aliphatic carbocycles. The van der Waals surface area contributed by atoms with Crippen LogP contribution in [-0.4, -0.2) is 82.9 Å². The van der Waals surface area contributed by atoms with Crippen LogP contribution in [0.1, 0.15) is 129 Å². The van der Waals surface area contributed by atoms with Crippen LogP contribution in [0.3, 0.4) is 0 Å². The summed E-state index contributed by atoms with van der Waals surface area (Å²) in [5.74, 6) is -0.799. The summed E-state index contributed by atoms with van der Waals surface area (Å²) in [7, 11) is 0. The van der Waals surface area contributed by atoms with E-state index in [0.717, 1.165) is 13.0 Å². The number of hydrogen-bond donors (Lipinski definition) is 1. The topological polar surface area (TPSA) is 49.7 Å². The van der Waals surface area contributed by atoms with E-state index < -0.39 is 5.97 Å². The summed E-state index contributed by atoms with van der Waals surface area (Å²) in [4.78, 5) is 14.4. The molecule has 0 fully saturated rings. The number of rotatable bonds is 21. The average Bonchev–Trinajstić information content (AvgIpc) is 2.62. The molecule has 158 valence electrons. The van der Waals surface area contributed by atoms with Gasteiger partial charge in [0.05, 0.1) is 6.42 Å². The molecule has 3 nitrogen and oxygen atoms in total. The Balaban J connectivity index is -0.00000312. The third-order valence-electron chi connectivity index (χ3n) is 5.04. The molecule has 0 saturated carbocycles. The van der Waals surface area contributed by atoms with Crippen molar-refractivity contribution >= 4 is 71.3 Å². The second-order valence-corrected chi connectivity index (χ2v) is 7.70. The molecule has 1 N–H and O–H groups in total. The Morgan fingerprint density at radius 1 is 0.643 bits per heavy atom. The Labute approximate surface area is 219 Å². The SMILES string of the molecule is CCCCCCCCCCCCCCCCCCCCN=CCC(=O)O.[NaH].[NaH]. The molecular formula is C23H47NNa2O2. The quantitative estimate of drug-likeness (QED) is 0.136. The molecule has 0 aromatic heterocycles. The van der Waals surface area contributed by atoms with E-state index in [1.165, 1.54) is 115 Å². The van der Waals surface area contributed by atoms with E-state index in [0.29, 0.717) is 0 Å². The first-order chi connectivity index (χ1) is 12.8. The minimum absolute atomic E-state index is 0. The molecule has 0 heterocycles. The van der Waals surface area contributed by atoms with Crippen LogP contribution in [0, 0.1) is 0 Å². The summed E-state index contributed by atoms with van der Waals surface area (Å²) >= 11 is 0. The fraction of sp³-hybridized carbons (Fsp3) is 0.913. The fourth-order valence-electron chi connectivity index (χ4n) is 3.34. The predicted octanol–water partition coefficient (Wildman–Crippen LogP) is 6.28. The predicted molar refractivity (Wildman–Crippen MR) is 129 cm³/mol. The summed E-state index contributed by atoms with van der Waals surface area (Å²) < 4.78 is 0. The van der Waals surface area contributed by atoms with Crippen LogP contribution < -0.4 is 0 Å². The molecule has 0 aromatic carbocycles. The molecule has 0 atom stereocenters. The number of carboxylic acids is 1. The van der Waals surface area contributed by atoms with Crippen molar-refractivity contribution in [2.45, 2.75) is 129 Å². The Hall–Kier alpha value is 1.14. The minimum atomic E-state index is -0.799. The van der Waals surface area contributed by atoms with E-state index >= 15 is 0 Å². The molecule has 0 rings (SSSR count). The van der Waals surface area contributed by atoms with Gasteiger partial charge < -0.3 is 5.11 Å². The van der Waals surface area contributed by atoms with E-state index in [1.807, 2.05) is 0 Å². The summed E-state index contributed by atoms with van der Waals surface area (Å²) in [5.41, 5.74) is 0. The van der Waals surface area contributed by atoms with Gasteiger partial charge in [-0.2, -0.15) is 0 Å². The number of unbranched alkanes of at least 4 members (excludes halogenated alkanes) is 17. The summed E-state index contributed by atoms with van der Waals surface area (Å²) in [6, 6.07) is 0. The van der Waals surface area contributed by atoms with E-state index in [4.69, 9.17) is 5.11 Å². The first-order valence-corrected chi connectivity index (χ1v) is 11.5. The van der Waals surface area contributed by atoms with Crippen LogP contribution in [0.2, 0.25) is 0 Å². The molecule has 0 aromatic rings. The zero-order valence-electron chi connectivity index (χ0n) is 17.5. The van der Waals surface area contributed by atoms with Crippen molar-refractivity contribution in [3.05, 3.63) is 0 Å². The van der Waals surface area contributed by atoms with Crippen molar-refractivity contribution in [2.24, 2.45) is 4.99 Å². The van der Waals surface area contributed by atoms with Crippen molar-refractivity contribution in [3.8, 4) is 0 Å².